The summed E-state index contributed by atoms with van der Waals surface area (Å²) in [6, 6.07) is 0.722. The molecule has 1 atom stereocenters. The molecule has 0 aliphatic heterocycles. The molecule has 3 nitrogen and oxygen atoms in total. The Hall–Kier alpha value is -0.830. The SMILES string of the molecule is CC(Cc1ocnc1CNC1CC1)C(C)(C)C. The van der Waals surface area contributed by atoms with Crippen molar-refractivity contribution in [2.45, 2.75) is 59.5 Å². The highest BCUT2D eigenvalue weighted by molar-refractivity contribution is 5.09. The monoisotopic (exact) mass is 236 g/mol. The van der Waals surface area contributed by atoms with Crippen LogP contribution in [0.1, 0.15) is 52.0 Å². The minimum atomic E-state index is 0.313. The van der Waals surface area contributed by atoms with Crippen LogP contribution < -0.4 is 5.32 Å². The Morgan fingerprint density at radius 1 is 1.47 bits per heavy atom. The van der Waals surface area contributed by atoms with Crippen molar-refractivity contribution in [3.63, 3.8) is 0 Å². The number of nitrogens with one attached hydrogen (secondary N) is 1. The summed E-state index contributed by atoms with van der Waals surface area (Å²) in [5.74, 6) is 1.65. The highest BCUT2D eigenvalue weighted by Crippen LogP contribution is 2.29. The van der Waals surface area contributed by atoms with E-state index in [4.69, 9.17) is 4.42 Å². The largest absolute Gasteiger partial charge is 0.448 e. The van der Waals surface area contributed by atoms with Crippen molar-refractivity contribution in [1.82, 2.24) is 10.3 Å². The van der Waals surface area contributed by atoms with Crippen molar-refractivity contribution in [3.05, 3.63) is 17.8 Å². The van der Waals surface area contributed by atoms with Gasteiger partial charge in [0, 0.05) is 19.0 Å². The highest BCUT2D eigenvalue weighted by atomic mass is 16.3. The number of oxazole rings is 1. The van der Waals surface area contributed by atoms with Gasteiger partial charge in [0.1, 0.15) is 5.76 Å². The van der Waals surface area contributed by atoms with Crippen LogP contribution in [-0.4, -0.2) is 11.0 Å². The van der Waals surface area contributed by atoms with Gasteiger partial charge in [0.2, 0.25) is 0 Å². The van der Waals surface area contributed by atoms with Gasteiger partial charge in [0.15, 0.2) is 6.39 Å². The fourth-order valence-electron chi connectivity index (χ4n) is 1.72. The van der Waals surface area contributed by atoms with E-state index in [1.54, 1.807) is 6.39 Å². The van der Waals surface area contributed by atoms with Crippen LogP contribution in [0.2, 0.25) is 0 Å². The molecule has 17 heavy (non-hydrogen) atoms. The zero-order chi connectivity index (χ0) is 12.5. The van der Waals surface area contributed by atoms with Crippen LogP contribution in [0.4, 0.5) is 0 Å². The Morgan fingerprint density at radius 2 is 2.18 bits per heavy atom. The molecule has 1 aromatic heterocycles. The van der Waals surface area contributed by atoms with E-state index >= 15 is 0 Å². The van der Waals surface area contributed by atoms with E-state index < -0.39 is 0 Å². The third-order valence-electron chi connectivity index (χ3n) is 3.83. The Bertz CT molecular complexity index is 361. The fraction of sp³-hybridized carbons (Fsp3) is 0.786. The number of nitrogens with zero attached hydrogens (tertiary/aromatic N) is 1. The Labute approximate surface area is 104 Å². The van der Waals surface area contributed by atoms with Crippen molar-refractivity contribution < 1.29 is 4.42 Å². The van der Waals surface area contributed by atoms with Crippen LogP contribution >= 0.6 is 0 Å². The van der Waals surface area contributed by atoms with Gasteiger partial charge in [-0.05, 0) is 24.2 Å². The molecule has 0 bridgehead atoms. The first-order valence-electron chi connectivity index (χ1n) is 6.61. The average Bonchev–Trinajstić information content (AvgIpc) is 2.96. The lowest BCUT2D eigenvalue weighted by Gasteiger charge is -2.26. The van der Waals surface area contributed by atoms with Crippen LogP contribution in [0.15, 0.2) is 10.8 Å². The minimum absolute atomic E-state index is 0.313. The van der Waals surface area contributed by atoms with Gasteiger partial charge in [-0.2, -0.15) is 0 Å². The van der Waals surface area contributed by atoms with Crippen molar-refractivity contribution >= 4 is 0 Å². The molecule has 0 radical (unpaired) electrons. The van der Waals surface area contributed by atoms with Gasteiger partial charge in [-0.1, -0.05) is 27.7 Å². The third kappa shape index (κ3) is 3.56. The molecule has 1 unspecified atom stereocenters. The molecule has 3 heteroatoms. The van der Waals surface area contributed by atoms with E-state index in [1.807, 2.05) is 0 Å². The topological polar surface area (TPSA) is 38.1 Å². The van der Waals surface area contributed by atoms with Crippen molar-refractivity contribution in [1.29, 1.82) is 0 Å². The Balaban J connectivity index is 1.93. The second kappa shape index (κ2) is 4.81. The number of hydrogen-bond acceptors (Lipinski definition) is 3. The van der Waals surface area contributed by atoms with E-state index in [2.05, 4.69) is 38.0 Å². The summed E-state index contributed by atoms with van der Waals surface area (Å²) in [4.78, 5) is 4.32. The molecule has 0 saturated heterocycles. The van der Waals surface area contributed by atoms with E-state index in [1.165, 1.54) is 12.8 Å². The Kier molecular flexibility index (Phi) is 3.57. The predicted octanol–water partition coefficient (Wildman–Crippen LogP) is 3.15. The van der Waals surface area contributed by atoms with Crippen molar-refractivity contribution in [2.24, 2.45) is 11.3 Å². The summed E-state index contributed by atoms with van der Waals surface area (Å²) in [7, 11) is 0. The zero-order valence-electron chi connectivity index (χ0n) is 11.4. The maximum Gasteiger partial charge on any atom is 0.181 e. The Morgan fingerprint density at radius 3 is 2.76 bits per heavy atom. The fourth-order valence-corrected chi connectivity index (χ4v) is 1.72. The summed E-state index contributed by atoms with van der Waals surface area (Å²) < 4.78 is 5.53. The molecular formula is C14H24N2O. The lowest BCUT2D eigenvalue weighted by atomic mass is 9.79. The molecule has 0 aromatic carbocycles. The standard InChI is InChI=1S/C14H24N2O/c1-10(14(2,3)4)7-13-12(16-9-17-13)8-15-11-5-6-11/h9-11,15H,5-8H2,1-4H3. The van der Waals surface area contributed by atoms with Crippen LogP contribution in [0, 0.1) is 11.3 Å². The third-order valence-corrected chi connectivity index (χ3v) is 3.83. The normalized spacial score (nSPS) is 18.4. The maximum absolute atomic E-state index is 5.53. The van der Waals surface area contributed by atoms with Gasteiger partial charge in [-0.15, -0.1) is 0 Å². The van der Waals surface area contributed by atoms with Gasteiger partial charge in [0.05, 0.1) is 5.69 Å². The average molecular weight is 236 g/mol. The second-order valence-electron chi connectivity index (χ2n) is 6.35. The molecule has 1 N–H and O–H groups in total. The van der Waals surface area contributed by atoms with E-state index in [0.717, 1.165) is 30.5 Å². The quantitative estimate of drug-likeness (QED) is 0.853. The van der Waals surface area contributed by atoms with Gasteiger partial charge < -0.3 is 9.73 Å². The summed E-state index contributed by atoms with van der Waals surface area (Å²) in [5.41, 5.74) is 1.40. The first-order valence-corrected chi connectivity index (χ1v) is 6.61. The molecular weight excluding hydrogens is 212 g/mol. The predicted molar refractivity (Wildman–Crippen MR) is 68.7 cm³/mol. The smallest absolute Gasteiger partial charge is 0.181 e. The zero-order valence-corrected chi connectivity index (χ0v) is 11.4. The minimum Gasteiger partial charge on any atom is -0.448 e. The first-order chi connectivity index (χ1) is 7.97. The molecule has 0 spiro atoms. The molecule has 96 valence electrons. The molecule has 1 heterocycles. The van der Waals surface area contributed by atoms with Gasteiger partial charge in [-0.3, -0.25) is 0 Å². The van der Waals surface area contributed by atoms with Gasteiger partial charge in [0.25, 0.3) is 0 Å². The summed E-state index contributed by atoms with van der Waals surface area (Å²) in [6.07, 6.45) is 5.18. The van der Waals surface area contributed by atoms with Crippen LogP contribution in [-0.2, 0) is 13.0 Å². The molecule has 1 aliphatic carbocycles. The van der Waals surface area contributed by atoms with Crippen LogP contribution in [0.5, 0.6) is 0 Å². The molecule has 1 saturated carbocycles. The molecule has 1 aromatic rings. The van der Waals surface area contributed by atoms with Crippen LogP contribution in [0.3, 0.4) is 0 Å². The lowest BCUT2D eigenvalue weighted by Crippen LogP contribution is -2.21. The van der Waals surface area contributed by atoms with E-state index in [-0.39, 0.29) is 0 Å². The van der Waals surface area contributed by atoms with Gasteiger partial charge in [-0.25, -0.2) is 4.98 Å². The summed E-state index contributed by atoms with van der Waals surface area (Å²) >= 11 is 0. The van der Waals surface area contributed by atoms with E-state index in [9.17, 15) is 0 Å². The molecule has 1 aliphatic rings. The first kappa shape index (κ1) is 12.6. The number of hydrogen-bond donors (Lipinski definition) is 1. The highest BCUT2D eigenvalue weighted by Gasteiger charge is 2.24. The van der Waals surface area contributed by atoms with Crippen LogP contribution in [0.25, 0.3) is 0 Å². The van der Waals surface area contributed by atoms with Gasteiger partial charge >= 0.3 is 0 Å². The van der Waals surface area contributed by atoms with Crippen molar-refractivity contribution in [2.75, 3.05) is 0 Å². The number of aromatic nitrogens is 1. The molecule has 1 fully saturated rings. The summed E-state index contributed by atoms with van der Waals surface area (Å²) in [6.45, 7) is 9.95. The van der Waals surface area contributed by atoms with E-state index in [0.29, 0.717) is 11.3 Å². The second-order valence-corrected chi connectivity index (χ2v) is 6.35. The maximum atomic E-state index is 5.53. The van der Waals surface area contributed by atoms with Crippen molar-refractivity contribution in [3.8, 4) is 0 Å². The molecule has 0 amide bonds. The lowest BCUT2D eigenvalue weighted by molar-refractivity contribution is 0.247. The molecule has 2 rings (SSSR count). The number of rotatable bonds is 5. The summed E-state index contributed by atoms with van der Waals surface area (Å²) in [5, 5.41) is 3.49.